The molecule has 31 heavy (non-hydrogen) atoms. The Bertz CT molecular complexity index is 1220. The fourth-order valence-electron chi connectivity index (χ4n) is 3.97. The predicted molar refractivity (Wildman–Crippen MR) is 122 cm³/mol. The van der Waals surface area contributed by atoms with Gasteiger partial charge in [0, 0.05) is 22.7 Å². The number of aryl methyl sites for hydroxylation is 2. The molecule has 162 valence electrons. The third kappa shape index (κ3) is 4.52. The molecule has 1 fully saturated rings. The molecule has 0 bridgehead atoms. The summed E-state index contributed by atoms with van der Waals surface area (Å²) >= 11 is 1.50. The predicted octanol–water partition coefficient (Wildman–Crippen LogP) is 2.40. The minimum Gasteiger partial charge on any atom is -0.369 e. The minimum atomic E-state index is -0.313. The van der Waals surface area contributed by atoms with Crippen molar-refractivity contribution in [3.05, 3.63) is 45.1 Å². The van der Waals surface area contributed by atoms with Gasteiger partial charge in [0.1, 0.15) is 10.7 Å². The summed E-state index contributed by atoms with van der Waals surface area (Å²) in [4.78, 5) is 47.8. The summed E-state index contributed by atoms with van der Waals surface area (Å²) in [6.07, 6.45) is 1.62. The number of carbonyl (C=O) groups is 2. The van der Waals surface area contributed by atoms with Gasteiger partial charge in [-0.05, 0) is 50.9 Å². The quantitative estimate of drug-likeness (QED) is 0.564. The molecule has 3 aromatic rings. The van der Waals surface area contributed by atoms with Gasteiger partial charge in [-0.2, -0.15) is 0 Å². The number of fused-ring (bicyclic) bond motifs is 1. The maximum Gasteiger partial charge on any atom is 0.260 e. The number of thiophene rings is 1. The van der Waals surface area contributed by atoms with Crippen LogP contribution in [0.5, 0.6) is 0 Å². The number of H-pyrrole nitrogens is 1. The van der Waals surface area contributed by atoms with E-state index >= 15 is 0 Å². The molecule has 4 N–H and O–H groups in total. The van der Waals surface area contributed by atoms with Crippen LogP contribution >= 0.6 is 11.3 Å². The summed E-state index contributed by atoms with van der Waals surface area (Å²) in [6.45, 7) is 5.37. The van der Waals surface area contributed by atoms with Crippen molar-refractivity contribution in [2.45, 2.75) is 26.7 Å². The summed E-state index contributed by atoms with van der Waals surface area (Å²) in [6, 6.07) is 7.23. The number of carbonyl (C=O) groups excluding carboxylic acids is 2. The maximum absolute atomic E-state index is 12.6. The molecule has 1 atom stereocenters. The largest absolute Gasteiger partial charge is 0.369 e. The third-order valence-electron chi connectivity index (χ3n) is 5.73. The van der Waals surface area contributed by atoms with Crippen LogP contribution in [0.15, 0.2) is 29.1 Å². The fourth-order valence-corrected chi connectivity index (χ4v) is 5.00. The normalized spacial score (nSPS) is 17.0. The lowest BCUT2D eigenvalue weighted by Crippen LogP contribution is -2.44. The van der Waals surface area contributed by atoms with Crippen molar-refractivity contribution in [3.8, 4) is 11.4 Å². The number of amides is 2. The molecule has 1 aromatic carbocycles. The number of likely N-dealkylation sites (tertiary alicyclic amines) is 1. The minimum absolute atomic E-state index is 0.162. The van der Waals surface area contributed by atoms with E-state index in [1.165, 1.54) is 11.3 Å². The van der Waals surface area contributed by atoms with E-state index in [0.29, 0.717) is 33.8 Å². The third-order valence-corrected chi connectivity index (χ3v) is 6.84. The van der Waals surface area contributed by atoms with Crippen molar-refractivity contribution < 1.29 is 9.59 Å². The number of aromatic amines is 1. The van der Waals surface area contributed by atoms with E-state index in [0.717, 1.165) is 29.8 Å². The van der Waals surface area contributed by atoms with Crippen LogP contribution in [0.1, 0.15) is 23.3 Å². The molecule has 1 aliphatic rings. The van der Waals surface area contributed by atoms with Crippen LogP contribution in [0.2, 0.25) is 0 Å². The van der Waals surface area contributed by atoms with Gasteiger partial charge in [-0.15, -0.1) is 11.3 Å². The average Bonchev–Trinajstić information content (AvgIpc) is 3.02. The molecule has 8 nitrogen and oxygen atoms in total. The zero-order valence-corrected chi connectivity index (χ0v) is 18.3. The Kier molecular flexibility index (Phi) is 5.88. The van der Waals surface area contributed by atoms with Crippen LogP contribution in [0.25, 0.3) is 21.6 Å². The second-order valence-corrected chi connectivity index (χ2v) is 9.19. The second kappa shape index (κ2) is 8.60. The number of hydrogen-bond donors (Lipinski definition) is 3. The molecule has 0 spiro atoms. The highest BCUT2D eigenvalue weighted by atomic mass is 32.1. The summed E-state index contributed by atoms with van der Waals surface area (Å²) in [5.41, 5.74) is 7.54. The van der Waals surface area contributed by atoms with E-state index in [1.807, 2.05) is 30.9 Å². The van der Waals surface area contributed by atoms with Crippen molar-refractivity contribution >= 4 is 39.1 Å². The topological polar surface area (TPSA) is 121 Å². The van der Waals surface area contributed by atoms with E-state index in [9.17, 15) is 14.4 Å². The van der Waals surface area contributed by atoms with E-state index in [4.69, 9.17) is 5.73 Å². The lowest BCUT2D eigenvalue weighted by molar-refractivity contribution is -0.125. The Labute approximate surface area is 183 Å². The van der Waals surface area contributed by atoms with Gasteiger partial charge < -0.3 is 16.0 Å². The van der Waals surface area contributed by atoms with E-state index in [-0.39, 0.29) is 29.8 Å². The summed E-state index contributed by atoms with van der Waals surface area (Å²) in [5.74, 6) is -0.210. The zero-order chi connectivity index (χ0) is 22.1. The van der Waals surface area contributed by atoms with Crippen molar-refractivity contribution in [2.24, 2.45) is 11.7 Å². The van der Waals surface area contributed by atoms with Crippen molar-refractivity contribution in [1.29, 1.82) is 0 Å². The summed E-state index contributed by atoms with van der Waals surface area (Å²) in [7, 11) is 0. The molecule has 0 unspecified atom stereocenters. The molecule has 0 aliphatic carbocycles. The van der Waals surface area contributed by atoms with Crippen molar-refractivity contribution in [1.82, 2.24) is 14.9 Å². The number of nitrogens with one attached hydrogen (secondary N) is 2. The molecule has 4 rings (SSSR count). The number of piperidine rings is 1. The number of primary amides is 1. The number of anilines is 1. The first-order valence-corrected chi connectivity index (χ1v) is 11.1. The van der Waals surface area contributed by atoms with Crippen LogP contribution in [0.3, 0.4) is 0 Å². The van der Waals surface area contributed by atoms with E-state index in [2.05, 4.69) is 15.3 Å². The molecule has 1 saturated heterocycles. The van der Waals surface area contributed by atoms with Gasteiger partial charge in [0.2, 0.25) is 11.8 Å². The smallest absolute Gasteiger partial charge is 0.260 e. The zero-order valence-electron chi connectivity index (χ0n) is 17.5. The van der Waals surface area contributed by atoms with Crippen molar-refractivity contribution in [2.75, 3.05) is 25.0 Å². The summed E-state index contributed by atoms with van der Waals surface area (Å²) in [5, 5.41) is 3.53. The standard InChI is InChI=1S/C22H25N5O3S/c1-12-13(2)31-22-18(12)21(30)25-20(26-22)14-5-3-7-16(9-14)24-17(28)11-27-8-4-6-15(10-27)19(23)29/h3,5,7,9,15H,4,6,8,10-11H2,1-2H3,(H2,23,29)(H,24,28)(H,25,26,30)/t15-/m0/s1. The van der Waals surface area contributed by atoms with Crippen molar-refractivity contribution in [3.63, 3.8) is 0 Å². The van der Waals surface area contributed by atoms with E-state index in [1.54, 1.807) is 12.1 Å². The molecular weight excluding hydrogens is 414 g/mol. The van der Waals surface area contributed by atoms with Gasteiger partial charge in [-0.1, -0.05) is 12.1 Å². The molecule has 3 heterocycles. The highest BCUT2D eigenvalue weighted by molar-refractivity contribution is 7.18. The van der Waals surface area contributed by atoms with Crippen LogP contribution in [0, 0.1) is 19.8 Å². The Balaban J connectivity index is 1.50. The Hall–Kier alpha value is -3.04. The molecule has 2 aromatic heterocycles. The van der Waals surface area contributed by atoms with Crippen LogP contribution < -0.4 is 16.6 Å². The SMILES string of the molecule is Cc1sc2nc(-c3cccc(NC(=O)CN4CCC[C@H](C(N)=O)C4)c3)[nH]c(=O)c2c1C. The monoisotopic (exact) mass is 439 g/mol. The average molecular weight is 440 g/mol. The van der Waals surface area contributed by atoms with Crippen LogP contribution in [-0.4, -0.2) is 46.3 Å². The molecular formula is C22H25N5O3S. The molecule has 2 amide bonds. The summed E-state index contributed by atoms with van der Waals surface area (Å²) < 4.78 is 0. The Morgan fingerprint density at radius 2 is 2.16 bits per heavy atom. The van der Waals surface area contributed by atoms with Gasteiger partial charge in [0.05, 0.1) is 17.8 Å². The van der Waals surface area contributed by atoms with Gasteiger partial charge in [0.15, 0.2) is 0 Å². The molecule has 0 saturated carbocycles. The first-order chi connectivity index (χ1) is 14.8. The van der Waals surface area contributed by atoms with Gasteiger partial charge in [-0.3, -0.25) is 19.3 Å². The fraction of sp³-hybridized carbons (Fsp3) is 0.364. The maximum atomic E-state index is 12.6. The number of aromatic nitrogens is 2. The highest BCUT2D eigenvalue weighted by Gasteiger charge is 2.25. The number of hydrogen-bond acceptors (Lipinski definition) is 6. The number of nitrogens with zero attached hydrogens (tertiary/aromatic N) is 2. The molecule has 0 radical (unpaired) electrons. The lowest BCUT2D eigenvalue weighted by atomic mass is 9.97. The number of benzene rings is 1. The van der Waals surface area contributed by atoms with Gasteiger partial charge >= 0.3 is 0 Å². The van der Waals surface area contributed by atoms with Gasteiger partial charge in [0.25, 0.3) is 5.56 Å². The molecule has 9 heteroatoms. The Morgan fingerprint density at radius 3 is 2.94 bits per heavy atom. The van der Waals surface area contributed by atoms with Crippen LogP contribution in [0.4, 0.5) is 5.69 Å². The molecule has 1 aliphatic heterocycles. The lowest BCUT2D eigenvalue weighted by Gasteiger charge is -2.30. The number of rotatable bonds is 5. The van der Waals surface area contributed by atoms with Crippen LogP contribution in [-0.2, 0) is 9.59 Å². The number of nitrogens with two attached hydrogens (primary N) is 1. The second-order valence-electron chi connectivity index (χ2n) is 7.98. The highest BCUT2D eigenvalue weighted by Crippen LogP contribution is 2.28. The first kappa shape index (κ1) is 21.2. The Morgan fingerprint density at radius 1 is 1.35 bits per heavy atom. The van der Waals surface area contributed by atoms with E-state index < -0.39 is 0 Å². The first-order valence-electron chi connectivity index (χ1n) is 10.2. The van der Waals surface area contributed by atoms with Gasteiger partial charge in [-0.25, -0.2) is 4.98 Å².